The molecule has 0 aliphatic heterocycles. The summed E-state index contributed by atoms with van der Waals surface area (Å²) in [5.41, 5.74) is -5.85. The summed E-state index contributed by atoms with van der Waals surface area (Å²) in [6, 6.07) is 5.82. The van der Waals surface area contributed by atoms with E-state index in [9.17, 15) is 21.6 Å². The van der Waals surface area contributed by atoms with Gasteiger partial charge in [0.25, 0.3) is 0 Å². The van der Waals surface area contributed by atoms with Crippen molar-refractivity contribution < 1.29 is 30.0 Å². The van der Waals surface area contributed by atoms with Crippen molar-refractivity contribution in [3.05, 3.63) is 24.3 Å². The summed E-state index contributed by atoms with van der Waals surface area (Å²) in [4.78, 5) is 0.207. The van der Waals surface area contributed by atoms with Gasteiger partial charge in [-0.2, -0.15) is 25.2 Å². The van der Waals surface area contributed by atoms with E-state index >= 15 is 0 Å². The smallest absolute Gasteiger partial charge is 0.488 e. The first-order chi connectivity index (χ1) is 8.91. The summed E-state index contributed by atoms with van der Waals surface area (Å²) in [6.07, 6.45) is 0. The van der Waals surface area contributed by atoms with Crippen molar-refractivity contribution in [1.29, 1.82) is 0 Å². The Bertz CT molecular complexity index is 545. The summed E-state index contributed by atoms with van der Waals surface area (Å²) in [5, 5.41) is 0. The quantitative estimate of drug-likeness (QED) is 0.622. The average molecular weight is 330 g/mol. The fraction of sp³-hybridized carbons (Fsp3) is 0.455. The van der Waals surface area contributed by atoms with Crippen molar-refractivity contribution in [2.24, 2.45) is 0 Å². The van der Waals surface area contributed by atoms with E-state index in [1.807, 2.05) is 20.8 Å². The highest BCUT2D eigenvalue weighted by Gasteiger charge is 2.47. The molecule has 0 spiro atoms. The number of rotatable bonds is 4. The summed E-state index contributed by atoms with van der Waals surface area (Å²) in [6.45, 7) is 5.53. The molecule has 1 aromatic carbocycles. The number of alkyl halides is 3. The zero-order valence-corrected chi connectivity index (χ0v) is 12.5. The van der Waals surface area contributed by atoms with Crippen LogP contribution in [0.3, 0.4) is 0 Å². The first-order valence-electron chi connectivity index (χ1n) is 5.37. The van der Waals surface area contributed by atoms with Crippen LogP contribution in [0.5, 0.6) is 5.75 Å². The fourth-order valence-corrected chi connectivity index (χ4v) is 2.27. The first kappa shape index (κ1) is 17.1. The van der Waals surface area contributed by atoms with Gasteiger partial charge in [-0.25, -0.2) is 0 Å². The fourth-order valence-electron chi connectivity index (χ4n) is 1.04. The van der Waals surface area contributed by atoms with Crippen LogP contribution in [-0.2, 0) is 13.7 Å². The maximum atomic E-state index is 12.0. The van der Waals surface area contributed by atoms with Crippen LogP contribution in [0.25, 0.3) is 0 Å². The Morgan fingerprint density at radius 1 is 1.05 bits per heavy atom. The number of benzene rings is 1. The zero-order chi connectivity index (χ0) is 15.6. The molecule has 0 saturated carbocycles. The molecule has 1 aromatic rings. The topological polar surface area (TPSA) is 52.6 Å². The molecule has 0 N–H and O–H groups in total. The van der Waals surface area contributed by atoms with Crippen molar-refractivity contribution in [2.45, 2.75) is 36.8 Å². The molecule has 0 bridgehead atoms. The second kappa shape index (κ2) is 5.82. The van der Waals surface area contributed by atoms with Crippen LogP contribution >= 0.6 is 12.0 Å². The van der Waals surface area contributed by atoms with Crippen LogP contribution in [0.4, 0.5) is 13.2 Å². The lowest BCUT2D eigenvalue weighted by Crippen LogP contribution is -2.23. The van der Waals surface area contributed by atoms with E-state index in [0.717, 1.165) is 0 Å². The Labute approximate surface area is 119 Å². The Balaban J connectivity index is 2.68. The number of ether oxygens (including phenoxy) is 1. The highest BCUT2D eigenvalue weighted by Crippen LogP contribution is 2.32. The zero-order valence-electron chi connectivity index (χ0n) is 10.9. The van der Waals surface area contributed by atoms with Crippen molar-refractivity contribution in [1.82, 2.24) is 0 Å². The largest absolute Gasteiger partial charge is 0.524 e. The molecule has 0 aromatic heterocycles. The van der Waals surface area contributed by atoms with Crippen LogP contribution in [0.2, 0.25) is 0 Å². The van der Waals surface area contributed by atoms with E-state index in [1.54, 1.807) is 0 Å². The van der Waals surface area contributed by atoms with Gasteiger partial charge in [0, 0.05) is 16.9 Å². The van der Waals surface area contributed by atoms with E-state index in [4.69, 9.17) is 4.74 Å². The van der Waals surface area contributed by atoms with Gasteiger partial charge in [0.05, 0.1) is 0 Å². The summed E-state index contributed by atoms with van der Waals surface area (Å²) < 4.78 is 66.8. The van der Waals surface area contributed by atoms with Crippen molar-refractivity contribution in [3.8, 4) is 5.75 Å². The molecule has 0 unspecified atom stereocenters. The Hall–Kier alpha value is -0.930. The third-order valence-electron chi connectivity index (χ3n) is 1.75. The van der Waals surface area contributed by atoms with Gasteiger partial charge in [0.1, 0.15) is 11.4 Å². The van der Waals surface area contributed by atoms with E-state index in [0.29, 0.717) is 5.75 Å². The van der Waals surface area contributed by atoms with Crippen LogP contribution in [0.1, 0.15) is 20.8 Å². The van der Waals surface area contributed by atoms with Gasteiger partial charge in [-0.15, -0.1) is 0 Å². The molecule has 20 heavy (non-hydrogen) atoms. The monoisotopic (exact) mass is 330 g/mol. The van der Waals surface area contributed by atoms with Gasteiger partial charge in [-0.05, 0) is 45.0 Å². The maximum Gasteiger partial charge on any atom is 0.524 e. The van der Waals surface area contributed by atoms with Crippen molar-refractivity contribution in [3.63, 3.8) is 0 Å². The SMILES string of the molecule is CC(C)(C)Oc1ccc(SOS(=O)(=O)C(F)(F)F)cc1. The van der Waals surface area contributed by atoms with Crippen LogP contribution < -0.4 is 4.74 Å². The normalized spacial score (nSPS) is 13.3. The molecule has 0 fully saturated rings. The molecule has 9 heteroatoms. The van der Waals surface area contributed by atoms with Crippen LogP contribution in [-0.4, -0.2) is 19.5 Å². The summed E-state index contributed by atoms with van der Waals surface area (Å²) >= 11 is 0.117. The second-order valence-corrected chi connectivity index (χ2v) is 7.29. The lowest BCUT2D eigenvalue weighted by atomic mass is 10.2. The molecule has 0 amide bonds. The minimum atomic E-state index is -5.60. The average Bonchev–Trinajstić information content (AvgIpc) is 2.24. The van der Waals surface area contributed by atoms with E-state index < -0.39 is 21.2 Å². The van der Waals surface area contributed by atoms with Crippen molar-refractivity contribution in [2.75, 3.05) is 0 Å². The van der Waals surface area contributed by atoms with Gasteiger partial charge in [-0.1, -0.05) is 0 Å². The molecule has 1 rings (SSSR count). The minimum Gasteiger partial charge on any atom is -0.488 e. The summed E-state index contributed by atoms with van der Waals surface area (Å²) in [5.74, 6) is 0.514. The predicted molar refractivity (Wildman–Crippen MR) is 68.7 cm³/mol. The minimum absolute atomic E-state index is 0.117. The number of hydrogen-bond acceptors (Lipinski definition) is 5. The van der Waals surface area contributed by atoms with Gasteiger partial charge in [-0.3, -0.25) is 0 Å². The highest BCUT2D eigenvalue weighted by molar-refractivity contribution is 8.04. The third kappa shape index (κ3) is 5.22. The van der Waals surface area contributed by atoms with Crippen molar-refractivity contribution >= 4 is 22.2 Å². The standard InChI is InChI=1S/C11H13F3O4S2/c1-10(2,3)17-8-4-6-9(7-5-8)19-18-20(15,16)11(12,13)14/h4-7H,1-3H3. The third-order valence-corrected chi connectivity index (χ3v) is 3.77. The van der Waals surface area contributed by atoms with Gasteiger partial charge >= 0.3 is 15.6 Å². The Morgan fingerprint density at radius 2 is 1.55 bits per heavy atom. The van der Waals surface area contributed by atoms with Gasteiger partial charge in [0.2, 0.25) is 0 Å². The molecule has 0 aliphatic rings. The Kier molecular flexibility index (Phi) is 4.99. The lowest BCUT2D eigenvalue weighted by molar-refractivity contribution is -0.0494. The predicted octanol–water partition coefficient (Wildman–Crippen LogP) is 3.74. The second-order valence-electron chi connectivity index (χ2n) is 4.74. The number of hydrogen-bond donors (Lipinski definition) is 0. The number of halogens is 3. The summed E-state index contributed by atoms with van der Waals surface area (Å²) in [7, 11) is -5.60. The molecule has 0 heterocycles. The molecular weight excluding hydrogens is 317 g/mol. The molecule has 0 radical (unpaired) electrons. The molecule has 0 saturated heterocycles. The molecular formula is C11H13F3O4S2. The molecule has 114 valence electrons. The van der Waals surface area contributed by atoms with E-state index in [1.165, 1.54) is 24.3 Å². The molecule has 0 aliphatic carbocycles. The Morgan fingerprint density at radius 3 is 1.95 bits per heavy atom. The van der Waals surface area contributed by atoms with Gasteiger partial charge < -0.3 is 4.74 Å². The van der Waals surface area contributed by atoms with E-state index in [2.05, 4.69) is 3.63 Å². The van der Waals surface area contributed by atoms with Gasteiger partial charge in [0.15, 0.2) is 0 Å². The van der Waals surface area contributed by atoms with E-state index in [-0.39, 0.29) is 16.9 Å². The van der Waals surface area contributed by atoms with Crippen LogP contribution in [0, 0.1) is 0 Å². The molecule has 4 nitrogen and oxygen atoms in total. The first-order valence-corrected chi connectivity index (χ1v) is 7.52. The lowest BCUT2D eigenvalue weighted by Gasteiger charge is -2.21. The maximum absolute atomic E-state index is 12.0. The van der Waals surface area contributed by atoms with Crippen LogP contribution in [0.15, 0.2) is 29.2 Å². The highest BCUT2D eigenvalue weighted by atomic mass is 32.3. The molecule has 0 atom stereocenters.